The Morgan fingerprint density at radius 3 is 1.08 bits per heavy atom. The number of aliphatic hydroxyl groups excluding tert-OH is 2. The van der Waals surface area contributed by atoms with E-state index in [9.17, 15) is 20.4 Å². The van der Waals surface area contributed by atoms with Gasteiger partial charge >= 0.3 is 0 Å². The fourth-order valence-electron chi connectivity index (χ4n) is 6.19. The molecule has 0 bridgehead atoms. The average Bonchev–Trinajstić information content (AvgIpc) is 3.73. The molecule has 4 fully saturated rings. The first-order valence-corrected chi connectivity index (χ1v) is 14.8. The van der Waals surface area contributed by atoms with Crippen molar-refractivity contribution in [1.82, 2.24) is 0 Å². The van der Waals surface area contributed by atoms with Gasteiger partial charge in [-0.2, -0.15) is 0 Å². The van der Waals surface area contributed by atoms with Crippen LogP contribution < -0.4 is 0 Å². The highest BCUT2D eigenvalue weighted by atomic mass is 16.6. The maximum atomic E-state index is 10.1. The van der Waals surface area contributed by atoms with Crippen LogP contribution in [0.5, 0.6) is 0 Å². The van der Waals surface area contributed by atoms with Crippen LogP contribution in [-0.2, 0) is 18.9 Å². The normalized spacial score (nSPS) is 43.6. The lowest BCUT2D eigenvalue weighted by molar-refractivity contribution is -0.0540. The van der Waals surface area contributed by atoms with Gasteiger partial charge in [0.1, 0.15) is 0 Å². The third-order valence-corrected chi connectivity index (χ3v) is 10.1. The maximum absolute atomic E-state index is 10.1. The van der Waals surface area contributed by atoms with Crippen molar-refractivity contribution in [3.8, 4) is 0 Å². The Bertz CT molecular complexity index is 769. The molecular weight excluding hydrogens is 488 g/mol. The van der Waals surface area contributed by atoms with Crippen molar-refractivity contribution in [3.05, 3.63) is 0 Å². The van der Waals surface area contributed by atoms with Gasteiger partial charge in [-0.05, 0) is 120 Å². The molecule has 38 heavy (non-hydrogen) atoms. The first kappa shape index (κ1) is 30.6. The van der Waals surface area contributed by atoms with Crippen molar-refractivity contribution in [2.75, 3.05) is 0 Å². The third kappa shape index (κ3) is 7.30. The van der Waals surface area contributed by atoms with Crippen LogP contribution in [0.4, 0.5) is 0 Å². The van der Waals surface area contributed by atoms with Crippen molar-refractivity contribution in [1.29, 1.82) is 0 Å². The number of epoxide rings is 4. The van der Waals surface area contributed by atoms with Gasteiger partial charge < -0.3 is 39.4 Å². The smallest absolute Gasteiger partial charge is 0.0921 e. The molecule has 2 unspecified atom stereocenters. The molecule has 0 saturated carbocycles. The molecule has 4 N–H and O–H groups in total. The van der Waals surface area contributed by atoms with Gasteiger partial charge in [-0.15, -0.1) is 0 Å². The van der Waals surface area contributed by atoms with Gasteiger partial charge in [0.15, 0.2) is 0 Å². The predicted octanol–water partition coefficient (Wildman–Crippen LogP) is 3.78. The average molecular weight is 543 g/mol. The van der Waals surface area contributed by atoms with Crippen LogP contribution in [0.2, 0.25) is 0 Å². The monoisotopic (exact) mass is 542 g/mol. The molecule has 222 valence electrons. The van der Waals surface area contributed by atoms with E-state index in [4.69, 9.17) is 18.9 Å². The Labute approximate surface area is 229 Å². The molecule has 4 heterocycles. The molecular formula is C30H54O8. The first-order chi connectivity index (χ1) is 17.3. The first-order valence-electron chi connectivity index (χ1n) is 14.8. The predicted molar refractivity (Wildman–Crippen MR) is 144 cm³/mol. The summed E-state index contributed by atoms with van der Waals surface area (Å²) in [5.74, 6) is 0. The van der Waals surface area contributed by atoms with Crippen molar-refractivity contribution >= 4 is 0 Å². The summed E-state index contributed by atoms with van der Waals surface area (Å²) in [6.45, 7) is 15.1. The molecule has 0 aromatic carbocycles. The Hall–Kier alpha value is -0.320. The van der Waals surface area contributed by atoms with Crippen molar-refractivity contribution in [3.63, 3.8) is 0 Å². The highest BCUT2D eigenvalue weighted by Gasteiger charge is 2.59. The Kier molecular flexibility index (Phi) is 8.22. The number of hydrogen-bond donors (Lipinski definition) is 4. The maximum Gasteiger partial charge on any atom is 0.0921 e. The molecule has 4 aliphatic rings. The Morgan fingerprint density at radius 1 is 0.526 bits per heavy atom. The highest BCUT2D eigenvalue weighted by Crippen LogP contribution is 2.52. The summed E-state index contributed by atoms with van der Waals surface area (Å²) in [6, 6.07) is 0. The standard InChI is InChI=1S/C30H54O8/c1-25(2,33)19(31)11-15-27(5)23(37-27)13-17-29(7)21(35-29)9-10-22-30(8,36-22)18-14-24-28(6,38-24)16-12-20(32)26(3,4)34/h19-24,31-34H,9-18H2,1-8H3/t19-,20-,21-,22-,23-,24-,27+,28?,29+,30?/m1/s1. The molecule has 0 amide bonds. The molecule has 8 heteroatoms. The Balaban J connectivity index is 1.07. The fraction of sp³-hybridized carbons (Fsp3) is 1.00. The number of aliphatic hydroxyl groups is 4. The van der Waals surface area contributed by atoms with Gasteiger partial charge in [-0.1, -0.05) is 0 Å². The lowest BCUT2D eigenvalue weighted by Crippen LogP contribution is -2.36. The summed E-state index contributed by atoms with van der Waals surface area (Å²) in [5.41, 5.74) is -2.73. The Morgan fingerprint density at radius 2 is 0.789 bits per heavy atom. The molecule has 4 rings (SSSR count). The van der Waals surface area contributed by atoms with E-state index in [1.54, 1.807) is 27.7 Å². The second-order valence-electron chi connectivity index (χ2n) is 14.7. The van der Waals surface area contributed by atoms with Gasteiger partial charge in [0.05, 0.1) is 70.2 Å². The SMILES string of the molecule is CC(C)(O)[C@H](O)CCC1(C)O[C@@H]1CCC1(C)O[C@@H]1CC[C@H]1O[C@@]1(C)CC[C@H]1O[C@@]1(C)CC[C@@H](O)C(C)(C)O. The number of rotatable bonds is 17. The van der Waals surface area contributed by atoms with Crippen LogP contribution in [0.3, 0.4) is 0 Å². The van der Waals surface area contributed by atoms with E-state index < -0.39 is 23.4 Å². The molecule has 0 aliphatic carbocycles. The lowest BCUT2D eigenvalue weighted by Gasteiger charge is -2.25. The van der Waals surface area contributed by atoms with E-state index in [0.29, 0.717) is 12.8 Å². The third-order valence-electron chi connectivity index (χ3n) is 10.1. The van der Waals surface area contributed by atoms with Gasteiger partial charge in [0, 0.05) is 0 Å². The van der Waals surface area contributed by atoms with Crippen LogP contribution in [0.1, 0.15) is 120 Å². The van der Waals surface area contributed by atoms with Crippen LogP contribution in [0, 0.1) is 0 Å². The number of hydrogen-bond acceptors (Lipinski definition) is 8. The number of ether oxygens (including phenoxy) is 4. The van der Waals surface area contributed by atoms with Crippen molar-refractivity contribution in [2.24, 2.45) is 0 Å². The fourth-order valence-corrected chi connectivity index (χ4v) is 6.19. The zero-order chi connectivity index (χ0) is 28.4. The minimum Gasteiger partial charge on any atom is -0.390 e. The minimum absolute atomic E-state index is 0.0812. The highest BCUT2D eigenvalue weighted by molar-refractivity contribution is 5.08. The zero-order valence-corrected chi connectivity index (χ0v) is 25.0. The summed E-state index contributed by atoms with van der Waals surface area (Å²) in [7, 11) is 0. The quantitative estimate of drug-likeness (QED) is 0.204. The minimum atomic E-state index is -1.08. The summed E-state index contributed by atoms with van der Waals surface area (Å²) in [5, 5.41) is 40.1. The van der Waals surface area contributed by atoms with E-state index in [2.05, 4.69) is 27.7 Å². The molecule has 10 atom stereocenters. The summed E-state index contributed by atoms with van der Waals surface area (Å²) in [6.07, 6.45) is 7.85. The molecule has 0 aromatic rings. The van der Waals surface area contributed by atoms with E-state index >= 15 is 0 Å². The zero-order valence-electron chi connectivity index (χ0n) is 25.0. The van der Waals surface area contributed by atoms with E-state index in [0.717, 1.165) is 51.4 Å². The van der Waals surface area contributed by atoms with E-state index in [1.807, 2.05) is 0 Å². The van der Waals surface area contributed by atoms with Gasteiger partial charge in [0.2, 0.25) is 0 Å². The lowest BCUT2D eigenvalue weighted by atomic mass is 9.88. The van der Waals surface area contributed by atoms with Crippen LogP contribution >= 0.6 is 0 Å². The van der Waals surface area contributed by atoms with Crippen LogP contribution in [-0.4, -0.2) is 90.7 Å². The largest absolute Gasteiger partial charge is 0.390 e. The molecule has 0 spiro atoms. The second kappa shape index (κ2) is 10.2. The molecule has 0 radical (unpaired) electrons. The van der Waals surface area contributed by atoms with Crippen LogP contribution in [0.15, 0.2) is 0 Å². The molecule has 4 saturated heterocycles. The summed E-state index contributed by atoms with van der Waals surface area (Å²) < 4.78 is 24.1. The second-order valence-corrected chi connectivity index (χ2v) is 14.7. The molecule has 8 nitrogen and oxygen atoms in total. The topological polar surface area (TPSA) is 131 Å². The molecule has 4 aliphatic heterocycles. The van der Waals surface area contributed by atoms with E-state index in [1.165, 1.54) is 0 Å². The van der Waals surface area contributed by atoms with Crippen molar-refractivity contribution < 1.29 is 39.4 Å². The summed E-state index contributed by atoms with van der Waals surface area (Å²) in [4.78, 5) is 0. The van der Waals surface area contributed by atoms with Crippen molar-refractivity contribution in [2.45, 2.75) is 190 Å². The van der Waals surface area contributed by atoms with E-state index in [-0.39, 0.29) is 46.8 Å². The van der Waals surface area contributed by atoms with Gasteiger partial charge in [-0.3, -0.25) is 0 Å². The van der Waals surface area contributed by atoms with Gasteiger partial charge in [-0.25, -0.2) is 0 Å². The van der Waals surface area contributed by atoms with Crippen LogP contribution in [0.25, 0.3) is 0 Å². The summed E-state index contributed by atoms with van der Waals surface area (Å²) >= 11 is 0. The van der Waals surface area contributed by atoms with Gasteiger partial charge in [0.25, 0.3) is 0 Å². The molecule has 0 aromatic heterocycles.